The Morgan fingerprint density at radius 3 is 2.66 bits per heavy atom. The van der Waals surface area contributed by atoms with Crippen molar-refractivity contribution < 1.29 is 18.7 Å². The molecule has 0 spiro atoms. The Morgan fingerprint density at radius 1 is 1.11 bits per heavy atom. The number of nitrogens with one attached hydrogen (secondary N) is 1. The maximum absolute atomic E-state index is 14.1. The lowest BCUT2D eigenvalue weighted by atomic mass is 9.94. The second-order valence-corrected chi connectivity index (χ2v) is 11.2. The van der Waals surface area contributed by atoms with E-state index in [0.29, 0.717) is 31.8 Å². The number of aromatic nitrogens is 2. The number of benzene rings is 1. The van der Waals surface area contributed by atoms with Gasteiger partial charge in [-0.05, 0) is 81.9 Å². The van der Waals surface area contributed by atoms with E-state index in [1.165, 1.54) is 11.1 Å². The molecular weight excluding hydrogens is 483 g/mol. The Bertz CT molecular complexity index is 1070. The van der Waals surface area contributed by atoms with Gasteiger partial charge in [0.05, 0.1) is 25.0 Å². The highest BCUT2D eigenvalue weighted by Crippen LogP contribution is 2.33. The number of hydrogen-bond acceptors (Lipinski definition) is 6. The van der Waals surface area contributed by atoms with Crippen molar-refractivity contribution in [3.63, 3.8) is 0 Å². The predicted molar refractivity (Wildman–Crippen MR) is 144 cm³/mol. The van der Waals surface area contributed by atoms with Crippen LogP contribution in [0.15, 0.2) is 30.5 Å². The smallest absolute Gasteiger partial charge is 0.274 e. The first-order chi connectivity index (χ1) is 18.5. The number of alkyl halides is 1. The first-order valence-corrected chi connectivity index (χ1v) is 14.3. The highest BCUT2D eigenvalue weighted by molar-refractivity contribution is 5.93. The molecule has 5 rings (SSSR count). The Labute approximate surface area is 225 Å². The van der Waals surface area contributed by atoms with Gasteiger partial charge in [0.25, 0.3) is 5.91 Å². The van der Waals surface area contributed by atoms with E-state index in [0.717, 1.165) is 56.1 Å². The van der Waals surface area contributed by atoms with Crippen LogP contribution in [0.3, 0.4) is 0 Å². The van der Waals surface area contributed by atoms with E-state index in [2.05, 4.69) is 46.7 Å². The summed E-state index contributed by atoms with van der Waals surface area (Å²) in [6.07, 6.45) is 8.50. The minimum absolute atomic E-state index is 0.0573. The van der Waals surface area contributed by atoms with E-state index in [9.17, 15) is 9.18 Å². The van der Waals surface area contributed by atoms with Crippen LogP contribution in [0.4, 0.5) is 4.39 Å². The number of halogens is 1. The number of rotatable bonds is 7. The van der Waals surface area contributed by atoms with Gasteiger partial charge in [-0.1, -0.05) is 29.8 Å². The number of likely N-dealkylation sites (tertiary alicyclic amines) is 1. The zero-order valence-corrected chi connectivity index (χ0v) is 22.7. The van der Waals surface area contributed by atoms with Crippen molar-refractivity contribution in [1.82, 2.24) is 20.4 Å². The molecule has 1 aromatic carbocycles. The van der Waals surface area contributed by atoms with Crippen LogP contribution in [-0.2, 0) is 15.9 Å². The number of carbonyl (C=O) groups excluding carboxylic acids is 1. The normalized spacial score (nSPS) is 26.9. The quantitative estimate of drug-likeness (QED) is 0.568. The largest absolute Gasteiger partial charge is 0.378 e. The summed E-state index contributed by atoms with van der Waals surface area (Å²) in [5.41, 5.74) is 4.95. The monoisotopic (exact) mass is 524 g/mol. The molecule has 3 fully saturated rings. The summed E-state index contributed by atoms with van der Waals surface area (Å²) in [5.74, 6) is -0.0573. The summed E-state index contributed by atoms with van der Waals surface area (Å²) in [7, 11) is 0. The fourth-order valence-electron chi connectivity index (χ4n) is 5.98. The predicted octanol–water partition coefficient (Wildman–Crippen LogP) is 4.66. The van der Waals surface area contributed by atoms with E-state index in [4.69, 9.17) is 9.47 Å². The minimum atomic E-state index is -0.962. The summed E-state index contributed by atoms with van der Waals surface area (Å²) in [6.45, 7) is 6.13. The van der Waals surface area contributed by atoms with Gasteiger partial charge in [0.15, 0.2) is 5.69 Å². The molecular formula is C30H41FN4O3. The summed E-state index contributed by atoms with van der Waals surface area (Å²) in [4.78, 5) is 15.2. The molecule has 8 heteroatoms. The number of ether oxygens (including phenoxy) is 2. The fraction of sp³-hybridized carbons (Fsp3) is 0.633. The van der Waals surface area contributed by atoms with Gasteiger partial charge in [-0.15, -0.1) is 5.10 Å². The zero-order valence-electron chi connectivity index (χ0n) is 22.7. The van der Waals surface area contributed by atoms with Gasteiger partial charge < -0.3 is 19.7 Å². The van der Waals surface area contributed by atoms with Crippen molar-refractivity contribution in [3.05, 3.63) is 58.4 Å². The van der Waals surface area contributed by atoms with Gasteiger partial charge in [0.1, 0.15) is 6.17 Å². The number of nitrogens with zero attached hydrogens (tertiary/aromatic N) is 3. The number of carbonyl (C=O) groups is 1. The summed E-state index contributed by atoms with van der Waals surface area (Å²) >= 11 is 0. The van der Waals surface area contributed by atoms with Crippen molar-refractivity contribution in [2.24, 2.45) is 0 Å². The van der Waals surface area contributed by atoms with E-state index in [1.54, 1.807) is 6.20 Å². The average molecular weight is 525 g/mol. The molecule has 2 unspecified atom stereocenters. The maximum atomic E-state index is 14.1. The Hall–Kier alpha value is -2.42. The Morgan fingerprint density at radius 2 is 1.89 bits per heavy atom. The topological polar surface area (TPSA) is 76.6 Å². The molecule has 3 aliphatic rings. The average Bonchev–Trinajstić information content (AvgIpc) is 2.94. The highest BCUT2D eigenvalue weighted by atomic mass is 19.1. The Balaban J connectivity index is 1.13. The first kappa shape index (κ1) is 27.2. The first-order valence-electron chi connectivity index (χ1n) is 14.3. The lowest BCUT2D eigenvalue weighted by molar-refractivity contribution is -0.0546. The van der Waals surface area contributed by atoms with Gasteiger partial charge in [-0.3, -0.25) is 4.79 Å². The van der Waals surface area contributed by atoms with Gasteiger partial charge in [-0.2, -0.15) is 5.10 Å². The molecule has 38 heavy (non-hydrogen) atoms. The van der Waals surface area contributed by atoms with Crippen LogP contribution in [0.25, 0.3) is 0 Å². The van der Waals surface area contributed by atoms with Gasteiger partial charge in [0.2, 0.25) is 0 Å². The summed E-state index contributed by atoms with van der Waals surface area (Å²) in [5, 5.41) is 11.9. The molecule has 7 nitrogen and oxygen atoms in total. The van der Waals surface area contributed by atoms with E-state index in [1.807, 2.05) is 11.8 Å². The minimum Gasteiger partial charge on any atom is -0.378 e. The SMILES string of the molecule is Cc1ccc([C@@H]2CCC[C@H](CCc3cnnc(C(=O)N4CCC(NC5CCOCC5F)CC4)c3C)O2)cc1. The molecule has 4 atom stereocenters. The van der Waals surface area contributed by atoms with E-state index < -0.39 is 6.17 Å². The van der Waals surface area contributed by atoms with Crippen LogP contribution in [0, 0.1) is 13.8 Å². The molecule has 3 saturated heterocycles. The molecule has 1 aromatic heterocycles. The van der Waals surface area contributed by atoms with Crippen LogP contribution in [0.1, 0.15) is 83.8 Å². The maximum Gasteiger partial charge on any atom is 0.274 e. The highest BCUT2D eigenvalue weighted by Gasteiger charge is 2.31. The molecule has 3 aliphatic heterocycles. The lowest BCUT2D eigenvalue weighted by Crippen LogP contribution is -2.52. The van der Waals surface area contributed by atoms with Gasteiger partial charge in [0, 0.05) is 31.8 Å². The number of hydrogen-bond donors (Lipinski definition) is 1. The molecule has 1 N–H and O–H groups in total. The fourth-order valence-corrected chi connectivity index (χ4v) is 5.98. The van der Waals surface area contributed by atoms with Crippen LogP contribution in [0.2, 0.25) is 0 Å². The standard InChI is InChI=1S/C30H41FN4O3/c1-20-6-8-22(9-7-20)28-5-3-4-25(38-28)11-10-23-18-32-34-29(21(23)2)30(36)35-15-12-24(13-16-35)33-27-14-17-37-19-26(27)31/h6-9,18,24-28,33H,3-5,10-17,19H2,1-2H3/t25-,26?,27?,28+/m1/s1. The molecule has 0 saturated carbocycles. The second-order valence-electron chi connectivity index (χ2n) is 11.2. The molecule has 4 heterocycles. The van der Waals surface area contributed by atoms with Crippen LogP contribution < -0.4 is 5.32 Å². The van der Waals surface area contributed by atoms with Crippen LogP contribution in [-0.4, -0.2) is 71.7 Å². The van der Waals surface area contributed by atoms with Crippen LogP contribution >= 0.6 is 0 Å². The summed E-state index contributed by atoms with van der Waals surface area (Å²) < 4.78 is 25.8. The number of amides is 1. The van der Waals surface area contributed by atoms with E-state index >= 15 is 0 Å². The second kappa shape index (κ2) is 12.6. The van der Waals surface area contributed by atoms with Gasteiger partial charge >= 0.3 is 0 Å². The molecule has 0 bridgehead atoms. The number of piperidine rings is 1. The molecule has 2 aromatic rings. The van der Waals surface area contributed by atoms with Crippen molar-refractivity contribution in [2.45, 2.75) is 95.7 Å². The van der Waals surface area contributed by atoms with Crippen molar-refractivity contribution in [1.29, 1.82) is 0 Å². The van der Waals surface area contributed by atoms with Crippen molar-refractivity contribution in [2.75, 3.05) is 26.3 Å². The van der Waals surface area contributed by atoms with E-state index in [-0.39, 0.29) is 36.8 Å². The van der Waals surface area contributed by atoms with Gasteiger partial charge in [-0.25, -0.2) is 4.39 Å². The zero-order chi connectivity index (χ0) is 26.5. The third-order valence-electron chi connectivity index (χ3n) is 8.46. The molecule has 206 valence electrons. The van der Waals surface area contributed by atoms with Crippen molar-refractivity contribution >= 4 is 5.91 Å². The molecule has 1 amide bonds. The summed E-state index contributed by atoms with van der Waals surface area (Å²) in [6, 6.07) is 8.73. The third-order valence-corrected chi connectivity index (χ3v) is 8.46. The van der Waals surface area contributed by atoms with Crippen molar-refractivity contribution in [3.8, 4) is 0 Å². The Kier molecular flexibility index (Phi) is 9.02. The molecule has 0 aliphatic carbocycles. The lowest BCUT2D eigenvalue weighted by Gasteiger charge is -2.36. The molecule has 0 radical (unpaired) electrons. The van der Waals surface area contributed by atoms with Crippen LogP contribution in [0.5, 0.6) is 0 Å². The third kappa shape index (κ3) is 6.58. The number of aryl methyl sites for hydroxylation is 2.